The van der Waals surface area contributed by atoms with E-state index in [0.29, 0.717) is 0 Å². The Morgan fingerprint density at radius 2 is 1.61 bits per heavy atom. The molecule has 1 aliphatic rings. The summed E-state index contributed by atoms with van der Waals surface area (Å²) in [7, 11) is 0. The zero-order chi connectivity index (χ0) is 19.3. The van der Waals surface area contributed by atoms with E-state index in [1.807, 2.05) is 0 Å². The number of benzene rings is 2. The lowest BCUT2D eigenvalue weighted by molar-refractivity contribution is 0.645. The van der Waals surface area contributed by atoms with Crippen molar-refractivity contribution in [1.29, 1.82) is 0 Å². The Morgan fingerprint density at radius 1 is 0.857 bits per heavy atom. The second-order valence-corrected chi connectivity index (χ2v) is 8.24. The summed E-state index contributed by atoms with van der Waals surface area (Å²) in [6.45, 7) is 8.30. The van der Waals surface area contributed by atoms with E-state index in [1.165, 1.54) is 22.4 Å². The van der Waals surface area contributed by atoms with Crippen LogP contribution in [0.3, 0.4) is 0 Å². The highest BCUT2D eigenvalue weighted by Gasteiger charge is 2.18. The molecule has 1 saturated heterocycles. The molecule has 1 aromatic heterocycles. The minimum absolute atomic E-state index is 0.936. The highest BCUT2D eigenvalue weighted by atomic mass is 32.2. The third kappa shape index (κ3) is 4.47. The van der Waals surface area contributed by atoms with E-state index in [2.05, 4.69) is 88.2 Å². The van der Waals surface area contributed by atoms with E-state index in [9.17, 15) is 0 Å². The third-order valence-corrected chi connectivity index (χ3v) is 6.21. The molecule has 0 unspecified atom stereocenters. The Labute approximate surface area is 171 Å². The summed E-state index contributed by atoms with van der Waals surface area (Å²) in [6, 6.07) is 19.4. The fourth-order valence-electron chi connectivity index (χ4n) is 3.52. The first kappa shape index (κ1) is 18.8. The Bertz CT molecular complexity index is 921. The van der Waals surface area contributed by atoms with Gasteiger partial charge >= 0.3 is 0 Å². The molecule has 0 N–H and O–H groups in total. The zero-order valence-electron chi connectivity index (χ0n) is 16.5. The first-order valence-corrected chi connectivity index (χ1v) is 10.7. The van der Waals surface area contributed by atoms with E-state index in [-0.39, 0.29) is 0 Å². The summed E-state index contributed by atoms with van der Waals surface area (Å²) in [5.74, 6) is 1.97. The number of rotatable bonds is 5. The summed E-state index contributed by atoms with van der Waals surface area (Å²) < 4.78 is 0. The van der Waals surface area contributed by atoms with Gasteiger partial charge in [-0.05, 0) is 37.1 Å². The molecule has 0 aliphatic carbocycles. The summed E-state index contributed by atoms with van der Waals surface area (Å²) >= 11 is 1.78. The molecule has 1 aliphatic heterocycles. The summed E-state index contributed by atoms with van der Waals surface area (Å²) in [6.07, 6.45) is 1.70. The van der Waals surface area contributed by atoms with Crippen LogP contribution in [0.4, 0.5) is 11.5 Å². The van der Waals surface area contributed by atoms with Gasteiger partial charge in [-0.15, -0.1) is 11.8 Å². The van der Waals surface area contributed by atoms with Gasteiger partial charge in [-0.25, -0.2) is 9.97 Å². The van der Waals surface area contributed by atoms with Crippen LogP contribution >= 0.6 is 11.8 Å². The third-order valence-electron chi connectivity index (χ3n) is 5.23. The van der Waals surface area contributed by atoms with Crippen LogP contribution in [0.5, 0.6) is 0 Å². The minimum Gasteiger partial charge on any atom is -0.368 e. The maximum atomic E-state index is 4.53. The molecule has 0 atom stereocenters. The second-order valence-electron chi connectivity index (χ2n) is 7.24. The molecule has 4 rings (SSSR count). The Balaban J connectivity index is 1.38. The van der Waals surface area contributed by atoms with Crippen molar-refractivity contribution in [3.8, 4) is 0 Å². The Hall–Kier alpha value is -2.53. The van der Waals surface area contributed by atoms with Gasteiger partial charge in [-0.2, -0.15) is 0 Å². The number of aromatic nitrogens is 2. The smallest absolute Gasteiger partial charge is 0.133 e. The highest BCUT2D eigenvalue weighted by molar-refractivity contribution is 7.98. The van der Waals surface area contributed by atoms with Gasteiger partial charge in [0.2, 0.25) is 0 Å². The molecule has 0 amide bonds. The molecule has 2 aromatic carbocycles. The van der Waals surface area contributed by atoms with E-state index >= 15 is 0 Å². The van der Waals surface area contributed by atoms with Crippen LogP contribution < -0.4 is 9.80 Å². The van der Waals surface area contributed by atoms with E-state index < -0.39 is 0 Å². The number of nitrogens with zero attached hydrogens (tertiary/aromatic N) is 4. The number of thioether (sulfide) groups is 1. The molecule has 0 bridgehead atoms. The van der Waals surface area contributed by atoms with Crippen LogP contribution in [-0.2, 0) is 5.75 Å². The number of hydrogen-bond donors (Lipinski definition) is 0. The topological polar surface area (TPSA) is 32.3 Å². The molecule has 0 saturated carbocycles. The minimum atomic E-state index is 0.936. The van der Waals surface area contributed by atoms with Gasteiger partial charge < -0.3 is 9.80 Å². The van der Waals surface area contributed by atoms with E-state index in [4.69, 9.17) is 0 Å². The van der Waals surface area contributed by atoms with Gasteiger partial charge in [-0.1, -0.05) is 42.0 Å². The molecule has 4 nitrogen and oxygen atoms in total. The summed E-state index contributed by atoms with van der Waals surface area (Å²) in [5.41, 5.74) is 5.32. The van der Waals surface area contributed by atoms with E-state index in [1.54, 1.807) is 18.1 Å². The normalized spacial score (nSPS) is 14.4. The van der Waals surface area contributed by atoms with Crippen molar-refractivity contribution in [2.45, 2.75) is 24.6 Å². The van der Waals surface area contributed by atoms with Crippen molar-refractivity contribution in [3.05, 3.63) is 77.6 Å². The average molecular weight is 391 g/mol. The number of anilines is 2. The molecule has 1 fully saturated rings. The monoisotopic (exact) mass is 390 g/mol. The molecular formula is C23H26N4S. The fraction of sp³-hybridized carbons (Fsp3) is 0.304. The van der Waals surface area contributed by atoms with E-state index in [0.717, 1.165) is 42.8 Å². The fourth-order valence-corrected chi connectivity index (χ4v) is 4.45. The molecule has 5 heteroatoms. The second kappa shape index (κ2) is 8.65. The maximum absolute atomic E-state index is 4.53. The van der Waals surface area contributed by atoms with Crippen molar-refractivity contribution in [2.75, 3.05) is 36.0 Å². The van der Waals surface area contributed by atoms with Crippen molar-refractivity contribution in [1.82, 2.24) is 9.97 Å². The number of piperazine rings is 1. The number of para-hydroxylation sites is 1. The average Bonchev–Trinajstić information content (AvgIpc) is 2.75. The van der Waals surface area contributed by atoms with Gasteiger partial charge in [-0.3, -0.25) is 0 Å². The van der Waals surface area contributed by atoms with Crippen molar-refractivity contribution in [2.24, 2.45) is 0 Å². The lowest BCUT2D eigenvalue weighted by atomic mass is 10.1. The Morgan fingerprint density at radius 3 is 2.39 bits per heavy atom. The Kier molecular flexibility index (Phi) is 5.81. The van der Waals surface area contributed by atoms with Crippen molar-refractivity contribution in [3.63, 3.8) is 0 Å². The van der Waals surface area contributed by atoms with Crippen LogP contribution in [0.15, 0.2) is 66.0 Å². The molecule has 0 radical (unpaired) electrons. The molecule has 144 valence electrons. The summed E-state index contributed by atoms with van der Waals surface area (Å²) in [5, 5.41) is 1.04. The molecule has 2 heterocycles. The highest BCUT2D eigenvalue weighted by Crippen LogP contribution is 2.26. The first-order valence-electron chi connectivity index (χ1n) is 9.75. The predicted molar refractivity (Wildman–Crippen MR) is 118 cm³/mol. The van der Waals surface area contributed by atoms with Crippen LogP contribution in [0.1, 0.15) is 16.7 Å². The molecule has 28 heavy (non-hydrogen) atoms. The van der Waals surface area contributed by atoms with Crippen molar-refractivity contribution < 1.29 is 0 Å². The maximum Gasteiger partial charge on any atom is 0.133 e. The predicted octanol–water partition coefficient (Wildman–Crippen LogP) is 4.71. The lowest BCUT2D eigenvalue weighted by Crippen LogP contribution is -2.46. The van der Waals surface area contributed by atoms with Gasteiger partial charge in [0.1, 0.15) is 17.2 Å². The van der Waals surface area contributed by atoms with Gasteiger partial charge in [0.05, 0.1) is 0 Å². The van der Waals surface area contributed by atoms with Crippen LogP contribution in [-0.4, -0.2) is 36.1 Å². The van der Waals surface area contributed by atoms with Gasteiger partial charge in [0.15, 0.2) is 0 Å². The number of aryl methyl sites for hydroxylation is 2. The lowest BCUT2D eigenvalue weighted by Gasteiger charge is -2.36. The molecule has 3 aromatic rings. The van der Waals surface area contributed by atoms with Crippen molar-refractivity contribution >= 4 is 23.3 Å². The standard InChI is InChI=1S/C23H26N4S/c1-18-8-9-19(2)20(14-18)16-28-23-15-22(24-17-25-23)27-12-10-26(11-13-27)21-6-4-3-5-7-21/h3-9,14-15,17H,10-13,16H2,1-2H3. The van der Waals surface area contributed by atoms with Crippen LogP contribution in [0.25, 0.3) is 0 Å². The first-order chi connectivity index (χ1) is 13.7. The SMILES string of the molecule is Cc1ccc(C)c(CSc2cc(N3CCN(c4ccccc4)CC3)ncn2)c1. The number of hydrogen-bond acceptors (Lipinski definition) is 5. The molecule has 0 spiro atoms. The zero-order valence-corrected chi connectivity index (χ0v) is 17.3. The molecular weight excluding hydrogens is 364 g/mol. The van der Waals surface area contributed by atoms with Crippen LogP contribution in [0, 0.1) is 13.8 Å². The quantitative estimate of drug-likeness (QED) is 0.465. The largest absolute Gasteiger partial charge is 0.368 e. The van der Waals surface area contributed by atoms with Gasteiger partial charge in [0.25, 0.3) is 0 Å². The van der Waals surface area contributed by atoms with Gasteiger partial charge in [0, 0.05) is 43.7 Å². The van der Waals surface area contributed by atoms with Crippen LogP contribution in [0.2, 0.25) is 0 Å². The summed E-state index contributed by atoms with van der Waals surface area (Å²) in [4.78, 5) is 13.8.